The van der Waals surface area contributed by atoms with Gasteiger partial charge in [0.1, 0.15) is 11.5 Å². The van der Waals surface area contributed by atoms with Crippen molar-refractivity contribution in [1.29, 1.82) is 0 Å². The zero-order valence-corrected chi connectivity index (χ0v) is 18.8. The van der Waals surface area contributed by atoms with Gasteiger partial charge in [-0.2, -0.15) is 26.3 Å². The number of hydrogen-bond acceptors (Lipinski definition) is 6. The van der Waals surface area contributed by atoms with Crippen LogP contribution < -0.4 is 11.1 Å². The van der Waals surface area contributed by atoms with E-state index in [1.54, 1.807) is 0 Å². The minimum Gasteiger partial charge on any atom is -0.383 e. The number of fused-ring (bicyclic) bond motifs is 1. The highest BCUT2D eigenvalue weighted by Gasteiger charge is 2.43. The average molecular weight is 543 g/mol. The molecule has 3 aromatic rings. The molecule has 3 heterocycles. The van der Waals surface area contributed by atoms with Crippen molar-refractivity contribution in [1.82, 2.24) is 25.1 Å². The molecule has 0 bridgehead atoms. The summed E-state index contributed by atoms with van der Waals surface area (Å²) in [7, 11) is 0. The lowest BCUT2D eigenvalue weighted by molar-refractivity contribution is -0.151. The second-order valence-corrected chi connectivity index (χ2v) is 8.35. The molecule has 0 radical (unpaired) electrons. The van der Waals surface area contributed by atoms with E-state index < -0.39 is 46.6 Å². The quantitative estimate of drug-likeness (QED) is 0.466. The van der Waals surface area contributed by atoms with Crippen LogP contribution >= 0.6 is 23.2 Å². The molecule has 16 heteroatoms. The first-order valence-corrected chi connectivity index (χ1v) is 10.6. The molecule has 0 aliphatic carbocycles. The van der Waals surface area contributed by atoms with E-state index in [0.717, 1.165) is 0 Å². The van der Waals surface area contributed by atoms with Gasteiger partial charge in [-0.05, 0) is 25.0 Å². The number of nitrogens with zero attached hydrogens (tertiary/aromatic N) is 4. The minimum atomic E-state index is -5.30. The van der Waals surface area contributed by atoms with Gasteiger partial charge in [-0.25, -0.2) is 14.6 Å². The van der Waals surface area contributed by atoms with Gasteiger partial charge < -0.3 is 15.8 Å². The molecule has 0 saturated carbocycles. The molecule has 0 spiro atoms. The molecule has 0 unspecified atom stereocenters. The lowest BCUT2D eigenvalue weighted by atomic mass is 10.1. The predicted octanol–water partition coefficient (Wildman–Crippen LogP) is 4.65. The fourth-order valence-corrected chi connectivity index (χ4v) is 4.17. The molecule has 4 rings (SSSR count). The molecule has 1 amide bonds. The summed E-state index contributed by atoms with van der Waals surface area (Å²) in [4.78, 5) is 18.3. The number of halogens is 8. The predicted molar refractivity (Wildman–Crippen MR) is 112 cm³/mol. The van der Waals surface area contributed by atoms with E-state index in [2.05, 4.69) is 20.4 Å². The third kappa shape index (κ3) is 4.95. The standard InChI is InChI=1S/C19H14Cl2F6N6O2/c20-9-5-7(16(34)29-8-1-3-35-4-2-8)6-10(21)12(9)33-14(28)11-13(18(22,23)24)30-17(19(25,26)27)31-15(11)32-33/h5-6,8H,1-4,28H2,(H,29,34). The molecule has 1 fully saturated rings. The molecule has 188 valence electrons. The average Bonchev–Trinajstić information content (AvgIpc) is 3.08. The van der Waals surface area contributed by atoms with E-state index >= 15 is 0 Å². The van der Waals surface area contributed by atoms with Gasteiger partial charge in [-0.15, -0.1) is 5.10 Å². The molecule has 1 aliphatic rings. The summed E-state index contributed by atoms with van der Waals surface area (Å²) in [6, 6.07) is 2.23. The van der Waals surface area contributed by atoms with Gasteiger partial charge in [0, 0.05) is 24.8 Å². The largest absolute Gasteiger partial charge is 0.451 e. The molecule has 1 saturated heterocycles. The lowest BCUT2D eigenvalue weighted by Gasteiger charge is -2.23. The smallest absolute Gasteiger partial charge is 0.383 e. The number of anilines is 1. The summed E-state index contributed by atoms with van der Waals surface area (Å²) < 4.78 is 85.7. The summed E-state index contributed by atoms with van der Waals surface area (Å²) >= 11 is 12.5. The van der Waals surface area contributed by atoms with Crippen LogP contribution in [0.15, 0.2) is 12.1 Å². The fraction of sp³-hybridized carbons (Fsp3) is 0.368. The summed E-state index contributed by atoms with van der Waals surface area (Å²) in [6.45, 7) is 0.965. The Morgan fingerprint density at radius 2 is 1.66 bits per heavy atom. The molecule has 3 N–H and O–H groups in total. The number of hydrogen-bond donors (Lipinski definition) is 2. The highest BCUT2D eigenvalue weighted by Crippen LogP contribution is 2.40. The van der Waals surface area contributed by atoms with Gasteiger partial charge in [-0.3, -0.25) is 4.79 Å². The maximum atomic E-state index is 13.5. The Hall–Kier alpha value is -2.84. The van der Waals surface area contributed by atoms with Gasteiger partial charge in [0.25, 0.3) is 5.91 Å². The molecule has 8 nitrogen and oxygen atoms in total. The van der Waals surface area contributed by atoms with Crippen molar-refractivity contribution in [3.05, 3.63) is 39.3 Å². The van der Waals surface area contributed by atoms with Crippen LogP contribution in [-0.2, 0) is 17.1 Å². The van der Waals surface area contributed by atoms with Crippen LogP contribution in [0.1, 0.15) is 34.7 Å². The number of rotatable bonds is 3. The van der Waals surface area contributed by atoms with Crippen LogP contribution in [0.25, 0.3) is 16.7 Å². The van der Waals surface area contributed by atoms with E-state index in [0.29, 0.717) is 30.7 Å². The third-order valence-electron chi connectivity index (χ3n) is 5.14. The Bertz CT molecular complexity index is 1280. The fourth-order valence-electron chi connectivity index (χ4n) is 3.52. The van der Waals surface area contributed by atoms with Crippen molar-refractivity contribution in [2.45, 2.75) is 31.2 Å². The first-order chi connectivity index (χ1) is 16.3. The second-order valence-electron chi connectivity index (χ2n) is 7.54. The van der Waals surface area contributed by atoms with Crippen molar-refractivity contribution >= 4 is 46.0 Å². The van der Waals surface area contributed by atoms with E-state index in [-0.39, 0.29) is 27.3 Å². The number of alkyl halides is 6. The van der Waals surface area contributed by atoms with Crippen LogP contribution in [0.3, 0.4) is 0 Å². The molecule has 0 atom stereocenters. The normalized spacial score (nSPS) is 15.5. The number of carbonyl (C=O) groups is 1. The Morgan fingerprint density at radius 1 is 1.06 bits per heavy atom. The minimum absolute atomic E-state index is 0.0423. The summed E-state index contributed by atoms with van der Waals surface area (Å²) in [5, 5.41) is 5.02. The number of amides is 1. The van der Waals surface area contributed by atoms with Crippen molar-refractivity contribution in [2.24, 2.45) is 0 Å². The Kier molecular flexibility index (Phi) is 6.49. The Morgan fingerprint density at radius 3 is 2.20 bits per heavy atom. The van der Waals surface area contributed by atoms with Crippen molar-refractivity contribution in [3.63, 3.8) is 0 Å². The Labute approximate surface area is 202 Å². The highest BCUT2D eigenvalue weighted by atomic mass is 35.5. The number of ether oxygens (including phenoxy) is 1. The van der Waals surface area contributed by atoms with E-state index in [9.17, 15) is 31.1 Å². The van der Waals surface area contributed by atoms with Gasteiger partial charge in [-0.1, -0.05) is 23.2 Å². The van der Waals surface area contributed by atoms with Crippen LogP contribution in [-0.4, -0.2) is 44.9 Å². The SMILES string of the molecule is Nc1c2c(C(F)(F)F)nc(C(F)(F)F)nc2nn1-c1c(Cl)cc(C(=O)NC2CCOCC2)cc1Cl. The van der Waals surface area contributed by atoms with E-state index in [4.69, 9.17) is 33.7 Å². The topological polar surface area (TPSA) is 108 Å². The van der Waals surface area contributed by atoms with Crippen LogP contribution in [0.2, 0.25) is 10.0 Å². The maximum absolute atomic E-state index is 13.5. The highest BCUT2D eigenvalue weighted by molar-refractivity contribution is 6.38. The van der Waals surface area contributed by atoms with Crippen molar-refractivity contribution in [2.75, 3.05) is 18.9 Å². The van der Waals surface area contributed by atoms with Crippen LogP contribution in [0.5, 0.6) is 0 Å². The number of aromatic nitrogens is 4. The molecular weight excluding hydrogens is 529 g/mol. The van der Waals surface area contributed by atoms with Gasteiger partial charge in [0.15, 0.2) is 11.3 Å². The molecule has 35 heavy (non-hydrogen) atoms. The van der Waals surface area contributed by atoms with Crippen LogP contribution in [0.4, 0.5) is 32.2 Å². The number of benzene rings is 1. The van der Waals surface area contributed by atoms with Gasteiger partial charge in [0.2, 0.25) is 5.82 Å². The first-order valence-electron chi connectivity index (χ1n) is 9.86. The monoisotopic (exact) mass is 542 g/mol. The van der Waals surface area contributed by atoms with Crippen molar-refractivity contribution < 1.29 is 35.9 Å². The lowest BCUT2D eigenvalue weighted by Crippen LogP contribution is -2.38. The van der Waals surface area contributed by atoms with Crippen LogP contribution in [0, 0.1) is 0 Å². The second kappa shape index (κ2) is 8.99. The van der Waals surface area contributed by atoms with Crippen molar-refractivity contribution in [3.8, 4) is 5.69 Å². The number of nitrogens with two attached hydrogens (primary N) is 1. The molecule has 2 aromatic heterocycles. The molecule has 1 aliphatic heterocycles. The zero-order chi connectivity index (χ0) is 25.7. The summed E-state index contributed by atoms with van der Waals surface area (Å²) in [6.07, 6.45) is -9.38. The summed E-state index contributed by atoms with van der Waals surface area (Å²) in [5.41, 5.74) is 2.72. The first kappa shape index (κ1) is 25.3. The number of nitrogen functional groups attached to an aromatic ring is 1. The zero-order valence-electron chi connectivity index (χ0n) is 17.3. The van der Waals surface area contributed by atoms with E-state index in [1.165, 1.54) is 12.1 Å². The molecule has 1 aromatic carbocycles. The third-order valence-corrected chi connectivity index (χ3v) is 5.71. The number of nitrogens with one attached hydrogen (secondary N) is 1. The maximum Gasteiger partial charge on any atom is 0.451 e. The van der Waals surface area contributed by atoms with Gasteiger partial charge >= 0.3 is 12.4 Å². The summed E-state index contributed by atoms with van der Waals surface area (Å²) in [5.74, 6) is -3.30. The van der Waals surface area contributed by atoms with E-state index in [1.807, 2.05) is 0 Å². The number of carbonyl (C=O) groups excluding carboxylic acids is 1. The Balaban J connectivity index is 1.80. The molecular formula is C19H14Cl2F6N6O2. The van der Waals surface area contributed by atoms with Gasteiger partial charge in [0.05, 0.1) is 15.4 Å².